The van der Waals surface area contributed by atoms with Gasteiger partial charge in [-0.3, -0.25) is 4.98 Å². The Bertz CT molecular complexity index is 375. The second-order valence-electron chi connectivity index (χ2n) is 4.74. The fraction of sp³-hybridized carbons (Fsp3) is 0.615. The monoisotopic (exact) mass is 250 g/mol. The van der Waals surface area contributed by atoms with E-state index in [1.54, 1.807) is 0 Å². The number of morpholine rings is 1. The number of thioether (sulfide) groups is 1. The third-order valence-corrected chi connectivity index (χ3v) is 4.32. The lowest BCUT2D eigenvalue weighted by Gasteiger charge is -2.23. The lowest BCUT2D eigenvalue weighted by Crippen LogP contribution is -2.39. The zero-order chi connectivity index (χ0) is 11.5. The van der Waals surface area contributed by atoms with Crippen LogP contribution in [0.3, 0.4) is 0 Å². The molecule has 1 aromatic heterocycles. The molecular formula is C13H18N2OS. The summed E-state index contributed by atoms with van der Waals surface area (Å²) in [5.41, 5.74) is 1.41. The van der Waals surface area contributed by atoms with Gasteiger partial charge in [-0.1, -0.05) is 0 Å². The first kappa shape index (κ1) is 11.5. The molecular weight excluding hydrogens is 232 g/mol. The average molecular weight is 250 g/mol. The van der Waals surface area contributed by atoms with Crippen LogP contribution in [0.25, 0.3) is 0 Å². The van der Waals surface area contributed by atoms with Crippen LogP contribution in [0.4, 0.5) is 0 Å². The number of nitrogens with zero attached hydrogens (tertiary/aromatic N) is 1. The number of hydrogen-bond acceptors (Lipinski definition) is 4. The van der Waals surface area contributed by atoms with E-state index in [0.717, 1.165) is 31.4 Å². The third-order valence-electron chi connectivity index (χ3n) is 3.22. The van der Waals surface area contributed by atoms with Crippen LogP contribution in [0.5, 0.6) is 0 Å². The van der Waals surface area contributed by atoms with Gasteiger partial charge in [0.2, 0.25) is 0 Å². The number of nitrogens with one attached hydrogen (secondary N) is 1. The average Bonchev–Trinajstić information content (AvgIpc) is 3.22. The highest BCUT2D eigenvalue weighted by Crippen LogP contribution is 2.40. The van der Waals surface area contributed by atoms with Gasteiger partial charge in [0.25, 0.3) is 0 Å². The van der Waals surface area contributed by atoms with Crippen molar-refractivity contribution in [1.29, 1.82) is 0 Å². The summed E-state index contributed by atoms with van der Waals surface area (Å²) in [4.78, 5) is 5.61. The predicted octanol–water partition coefficient (Wildman–Crippen LogP) is 2.04. The Kier molecular flexibility index (Phi) is 3.64. The van der Waals surface area contributed by atoms with Crippen molar-refractivity contribution >= 4 is 11.8 Å². The van der Waals surface area contributed by atoms with Crippen molar-refractivity contribution in [2.45, 2.75) is 29.8 Å². The summed E-state index contributed by atoms with van der Waals surface area (Å²) in [5, 5.41) is 3.36. The largest absolute Gasteiger partial charge is 0.375 e. The molecule has 1 atom stereocenters. The maximum absolute atomic E-state index is 5.69. The number of ether oxygens (including phenoxy) is 1. The molecule has 1 unspecified atom stereocenters. The van der Waals surface area contributed by atoms with Crippen LogP contribution < -0.4 is 5.32 Å². The van der Waals surface area contributed by atoms with E-state index in [1.807, 2.05) is 24.2 Å². The first-order valence-corrected chi connectivity index (χ1v) is 7.30. The molecule has 4 heteroatoms. The van der Waals surface area contributed by atoms with Crippen molar-refractivity contribution in [3.63, 3.8) is 0 Å². The number of rotatable bonds is 4. The molecule has 0 aromatic carbocycles. The molecule has 0 spiro atoms. The molecule has 1 saturated carbocycles. The number of pyridine rings is 1. The molecule has 0 bridgehead atoms. The van der Waals surface area contributed by atoms with E-state index in [-0.39, 0.29) is 0 Å². The third kappa shape index (κ3) is 3.21. The Balaban J connectivity index is 1.54. The molecule has 3 nitrogen and oxygen atoms in total. The molecule has 0 amide bonds. The first-order valence-electron chi connectivity index (χ1n) is 6.32. The Morgan fingerprint density at radius 3 is 3.12 bits per heavy atom. The van der Waals surface area contributed by atoms with Crippen LogP contribution in [0.15, 0.2) is 23.4 Å². The van der Waals surface area contributed by atoms with E-state index in [2.05, 4.69) is 16.4 Å². The molecule has 2 heterocycles. The second-order valence-corrected chi connectivity index (χ2v) is 5.83. The van der Waals surface area contributed by atoms with Crippen molar-refractivity contribution in [2.75, 3.05) is 25.4 Å². The van der Waals surface area contributed by atoms with Gasteiger partial charge < -0.3 is 10.1 Å². The SMILES string of the molecule is c1ncc(C2CC2)cc1SCC1CNCCO1. The van der Waals surface area contributed by atoms with Gasteiger partial charge in [-0.05, 0) is 30.4 Å². The molecule has 1 saturated heterocycles. The molecule has 1 aliphatic heterocycles. The van der Waals surface area contributed by atoms with Gasteiger partial charge in [-0.15, -0.1) is 11.8 Å². The number of hydrogen-bond donors (Lipinski definition) is 1. The summed E-state index contributed by atoms with van der Waals surface area (Å²) in [6.45, 7) is 2.80. The minimum atomic E-state index is 0.346. The van der Waals surface area contributed by atoms with E-state index in [1.165, 1.54) is 23.3 Å². The van der Waals surface area contributed by atoms with Gasteiger partial charge in [0.1, 0.15) is 0 Å². The van der Waals surface area contributed by atoms with Gasteiger partial charge in [-0.25, -0.2) is 0 Å². The number of aromatic nitrogens is 1. The zero-order valence-corrected chi connectivity index (χ0v) is 10.7. The maximum Gasteiger partial charge on any atom is 0.0793 e. The standard InChI is InChI=1S/C13H18N2OS/c1-2-10(1)11-5-13(8-15-6-11)17-9-12-7-14-3-4-16-12/h5-6,8,10,12,14H,1-4,7,9H2. The van der Waals surface area contributed by atoms with E-state index >= 15 is 0 Å². The summed E-state index contributed by atoms with van der Waals surface area (Å²) >= 11 is 1.86. The van der Waals surface area contributed by atoms with Crippen LogP contribution in [-0.2, 0) is 4.74 Å². The van der Waals surface area contributed by atoms with Crippen molar-refractivity contribution in [3.8, 4) is 0 Å². The molecule has 0 radical (unpaired) electrons. The van der Waals surface area contributed by atoms with Gasteiger partial charge in [-0.2, -0.15) is 0 Å². The Morgan fingerprint density at radius 1 is 1.41 bits per heavy atom. The fourth-order valence-corrected chi connectivity index (χ4v) is 3.02. The highest BCUT2D eigenvalue weighted by molar-refractivity contribution is 7.99. The first-order chi connectivity index (χ1) is 8.42. The molecule has 2 fully saturated rings. The zero-order valence-electron chi connectivity index (χ0n) is 9.89. The van der Waals surface area contributed by atoms with Crippen molar-refractivity contribution in [1.82, 2.24) is 10.3 Å². The quantitative estimate of drug-likeness (QED) is 0.829. The van der Waals surface area contributed by atoms with Gasteiger partial charge in [0.05, 0.1) is 12.7 Å². The van der Waals surface area contributed by atoms with E-state index in [9.17, 15) is 0 Å². The lowest BCUT2D eigenvalue weighted by molar-refractivity contribution is 0.0441. The Hall–Kier alpha value is -0.580. The summed E-state index contributed by atoms with van der Waals surface area (Å²) in [5.74, 6) is 1.80. The highest BCUT2D eigenvalue weighted by atomic mass is 32.2. The molecule has 1 aromatic rings. The smallest absolute Gasteiger partial charge is 0.0793 e. The van der Waals surface area contributed by atoms with Gasteiger partial charge in [0, 0.05) is 36.1 Å². The second kappa shape index (κ2) is 5.38. The fourth-order valence-electron chi connectivity index (χ4n) is 2.07. The summed E-state index contributed by atoms with van der Waals surface area (Å²) in [7, 11) is 0. The van der Waals surface area contributed by atoms with E-state index < -0.39 is 0 Å². The molecule has 1 aliphatic carbocycles. The molecule has 1 N–H and O–H groups in total. The minimum Gasteiger partial charge on any atom is -0.375 e. The van der Waals surface area contributed by atoms with Crippen LogP contribution in [-0.4, -0.2) is 36.5 Å². The van der Waals surface area contributed by atoms with Crippen molar-refractivity contribution in [2.24, 2.45) is 0 Å². The molecule has 92 valence electrons. The van der Waals surface area contributed by atoms with Crippen LogP contribution in [0.2, 0.25) is 0 Å². The predicted molar refractivity (Wildman–Crippen MR) is 69.5 cm³/mol. The Morgan fingerprint density at radius 2 is 2.35 bits per heavy atom. The highest BCUT2D eigenvalue weighted by Gasteiger charge is 2.24. The molecule has 2 aliphatic rings. The summed E-state index contributed by atoms with van der Waals surface area (Å²) in [6.07, 6.45) is 7.00. The molecule has 17 heavy (non-hydrogen) atoms. The van der Waals surface area contributed by atoms with Gasteiger partial charge in [0.15, 0.2) is 0 Å². The van der Waals surface area contributed by atoms with E-state index in [0.29, 0.717) is 6.10 Å². The van der Waals surface area contributed by atoms with Crippen LogP contribution in [0, 0.1) is 0 Å². The van der Waals surface area contributed by atoms with Crippen LogP contribution >= 0.6 is 11.8 Å². The minimum absolute atomic E-state index is 0.346. The van der Waals surface area contributed by atoms with Crippen LogP contribution in [0.1, 0.15) is 24.3 Å². The maximum atomic E-state index is 5.69. The lowest BCUT2D eigenvalue weighted by atomic mass is 10.2. The van der Waals surface area contributed by atoms with Crippen molar-refractivity contribution < 1.29 is 4.74 Å². The van der Waals surface area contributed by atoms with Gasteiger partial charge >= 0.3 is 0 Å². The topological polar surface area (TPSA) is 34.2 Å². The summed E-state index contributed by atoms with van der Waals surface area (Å²) < 4.78 is 5.69. The summed E-state index contributed by atoms with van der Waals surface area (Å²) in [6, 6.07) is 2.30. The normalized spacial score (nSPS) is 24.8. The molecule has 3 rings (SSSR count). The van der Waals surface area contributed by atoms with Crippen molar-refractivity contribution in [3.05, 3.63) is 24.0 Å². The van der Waals surface area contributed by atoms with E-state index in [4.69, 9.17) is 4.74 Å². The Labute approximate surface area is 106 Å².